The molecule has 1 N–H and O–H groups in total. The molecule has 104 valence electrons. The average Bonchev–Trinajstić information content (AvgIpc) is 2.54. The lowest BCUT2D eigenvalue weighted by Crippen LogP contribution is -2.54. The van der Waals surface area contributed by atoms with E-state index in [4.69, 9.17) is 4.74 Å². The number of hydrogen-bond donors (Lipinski definition) is 1. The summed E-state index contributed by atoms with van der Waals surface area (Å²) >= 11 is 0. The molecule has 2 heterocycles. The molecule has 2 saturated heterocycles. The SMILES string of the molecule is CC(C)(C)OC(=O)N1CC(F)CC12CCNCC2. The molecule has 0 aromatic heterocycles. The molecular formula is C13H23FN2O2. The van der Waals surface area contributed by atoms with Gasteiger partial charge in [0.1, 0.15) is 11.8 Å². The molecule has 2 fully saturated rings. The van der Waals surface area contributed by atoms with Crippen LogP contribution in [0.3, 0.4) is 0 Å². The quantitative estimate of drug-likeness (QED) is 0.723. The standard InChI is InChI=1S/C13H23FN2O2/c1-12(2,3)18-11(17)16-9-10(14)8-13(16)4-6-15-7-5-13/h10,15H,4-9H2,1-3H3. The zero-order valence-electron chi connectivity index (χ0n) is 11.5. The Morgan fingerprint density at radius 2 is 2.00 bits per heavy atom. The highest BCUT2D eigenvalue weighted by Gasteiger charge is 2.49. The van der Waals surface area contributed by atoms with Gasteiger partial charge >= 0.3 is 6.09 Å². The van der Waals surface area contributed by atoms with E-state index in [1.165, 1.54) is 0 Å². The van der Waals surface area contributed by atoms with Crippen LogP contribution in [0.5, 0.6) is 0 Å². The van der Waals surface area contributed by atoms with Crippen LogP contribution in [0.15, 0.2) is 0 Å². The molecule has 1 unspecified atom stereocenters. The number of hydrogen-bond acceptors (Lipinski definition) is 3. The van der Waals surface area contributed by atoms with E-state index in [1.54, 1.807) is 4.90 Å². The molecule has 5 heteroatoms. The van der Waals surface area contributed by atoms with Crippen molar-refractivity contribution in [1.29, 1.82) is 0 Å². The van der Waals surface area contributed by atoms with Gasteiger partial charge in [-0.1, -0.05) is 0 Å². The van der Waals surface area contributed by atoms with Crippen LogP contribution in [-0.4, -0.2) is 47.9 Å². The highest BCUT2D eigenvalue weighted by atomic mass is 19.1. The number of amides is 1. The van der Waals surface area contributed by atoms with Gasteiger partial charge in [0.2, 0.25) is 0 Å². The van der Waals surface area contributed by atoms with Crippen LogP contribution in [0.4, 0.5) is 9.18 Å². The Morgan fingerprint density at radius 1 is 1.39 bits per heavy atom. The van der Waals surface area contributed by atoms with Gasteiger partial charge in [0.15, 0.2) is 0 Å². The zero-order valence-corrected chi connectivity index (χ0v) is 11.5. The molecule has 18 heavy (non-hydrogen) atoms. The zero-order chi connectivity index (χ0) is 13.4. The Kier molecular flexibility index (Phi) is 3.54. The molecule has 0 aromatic carbocycles. The van der Waals surface area contributed by atoms with Crippen LogP contribution in [0.2, 0.25) is 0 Å². The largest absolute Gasteiger partial charge is 0.444 e. The molecule has 0 aromatic rings. The summed E-state index contributed by atoms with van der Waals surface area (Å²) in [6.45, 7) is 7.36. The minimum Gasteiger partial charge on any atom is -0.444 e. The number of ether oxygens (including phenoxy) is 1. The monoisotopic (exact) mass is 258 g/mol. The van der Waals surface area contributed by atoms with Gasteiger partial charge in [-0.2, -0.15) is 0 Å². The van der Waals surface area contributed by atoms with Gasteiger partial charge < -0.3 is 10.1 Å². The highest BCUT2D eigenvalue weighted by Crippen LogP contribution is 2.38. The lowest BCUT2D eigenvalue weighted by atomic mass is 9.85. The summed E-state index contributed by atoms with van der Waals surface area (Å²) in [5.74, 6) is 0. The molecule has 2 aliphatic rings. The van der Waals surface area contributed by atoms with E-state index in [9.17, 15) is 9.18 Å². The first kappa shape index (κ1) is 13.6. The second-order valence-electron chi connectivity index (χ2n) is 6.37. The second kappa shape index (κ2) is 4.68. The number of rotatable bonds is 0. The van der Waals surface area contributed by atoms with Crippen molar-refractivity contribution in [2.75, 3.05) is 19.6 Å². The summed E-state index contributed by atoms with van der Waals surface area (Å²) in [7, 11) is 0. The van der Waals surface area contributed by atoms with Crippen LogP contribution < -0.4 is 5.32 Å². The molecule has 0 radical (unpaired) electrons. The lowest BCUT2D eigenvalue weighted by molar-refractivity contribution is 0.00184. The van der Waals surface area contributed by atoms with Gasteiger partial charge in [-0.15, -0.1) is 0 Å². The molecule has 2 aliphatic heterocycles. The van der Waals surface area contributed by atoms with Crippen molar-refractivity contribution < 1.29 is 13.9 Å². The Morgan fingerprint density at radius 3 is 2.56 bits per heavy atom. The fourth-order valence-corrected chi connectivity index (χ4v) is 2.93. The third-order valence-corrected chi connectivity index (χ3v) is 3.70. The number of piperidine rings is 1. The van der Waals surface area contributed by atoms with Crippen LogP contribution in [0.25, 0.3) is 0 Å². The average molecular weight is 258 g/mol. The fourth-order valence-electron chi connectivity index (χ4n) is 2.93. The third kappa shape index (κ3) is 2.76. The van der Waals surface area contributed by atoms with Crippen molar-refractivity contribution in [3.8, 4) is 0 Å². The molecule has 0 saturated carbocycles. The van der Waals surface area contributed by atoms with Crippen LogP contribution in [0.1, 0.15) is 40.0 Å². The molecule has 1 amide bonds. The predicted molar refractivity (Wildman–Crippen MR) is 67.3 cm³/mol. The highest BCUT2D eigenvalue weighted by molar-refractivity contribution is 5.70. The Hall–Kier alpha value is -0.840. The summed E-state index contributed by atoms with van der Waals surface area (Å²) in [6, 6.07) is 0. The Labute approximate surface area is 108 Å². The topological polar surface area (TPSA) is 41.6 Å². The number of alkyl halides is 1. The molecule has 1 spiro atoms. The summed E-state index contributed by atoms with van der Waals surface area (Å²) < 4.78 is 19.1. The first-order valence-electron chi connectivity index (χ1n) is 6.68. The summed E-state index contributed by atoms with van der Waals surface area (Å²) in [6.07, 6.45) is 0.785. The van der Waals surface area contributed by atoms with E-state index in [2.05, 4.69) is 5.32 Å². The predicted octanol–water partition coefficient (Wildman–Crippen LogP) is 2.09. The van der Waals surface area contributed by atoms with Crippen molar-refractivity contribution in [3.05, 3.63) is 0 Å². The normalized spacial score (nSPS) is 27.6. The molecule has 4 nitrogen and oxygen atoms in total. The maximum absolute atomic E-state index is 13.7. The number of carbonyl (C=O) groups excluding carboxylic acids is 1. The van der Waals surface area contributed by atoms with Crippen molar-refractivity contribution in [2.24, 2.45) is 0 Å². The number of nitrogens with one attached hydrogen (secondary N) is 1. The maximum Gasteiger partial charge on any atom is 0.410 e. The number of likely N-dealkylation sites (tertiary alicyclic amines) is 1. The van der Waals surface area contributed by atoms with Crippen LogP contribution in [-0.2, 0) is 4.74 Å². The van der Waals surface area contributed by atoms with Gasteiger partial charge in [0, 0.05) is 6.42 Å². The first-order chi connectivity index (χ1) is 8.32. The van der Waals surface area contributed by atoms with Crippen molar-refractivity contribution >= 4 is 6.09 Å². The summed E-state index contributed by atoms with van der Waals surface area (Å²) in [5, 5.41) is 3.26. The van der Waals surface area contributed by atoms with Crippen molar-refractivity contribution in [3.63, 3.8) is 0 Å². The summed E-state index contributed by atoms with van der Waals surface area (Å²) in [5.41, 5.74) is -0.855. The van der Waals surface area contributed by atoms with E-state index in [0.717, 1.165) is 25.9 Å². The third-order valence-electron chi connectivity index (χ3n) is 3.70. The number of halogens is 1. The van der Waals surface area contributed by atoms with Gasteiger partial charge in [0.05, 0.1) is 12.1 Å². The fraction of sp³-hybridized carbons (Fsp3) is 0.923. The summed E-state index contributed by atoms with van der Waals surface area (Å²) in [4.78, 5) is 13.8. The van der Waals surface area contributed by atoms with Crippen LogP contribution in [0, 0.1) is 0 Å². The van der Waals surface area contributed by atoms with Crippen molar-refractivity contribution in [1.82, 2.24) is 10.2 Å². The molecule has 0 aliphatic carbocycles. The van der Waals surface area contributed by atoms with E-state index in [0.29, 0.717) is 6.42 Å². The van der Waals surface area contributed by atoms with Gasteiger partial charge in [-0.3, -0.25) is 4.90 Å². The Bertz CT molecular complexity index is 321. The Balaban J connectivity index is 2.11. The van der Waals surface area contributed by atoms with Gasteiger partial charge in [-0.05, 0) is 46.7 Å². The molecule has 1 atom stereocenters. The second-order valence-corrected chi connectivity index (χ2v) is 6.37. The van der Waals surface area contributed by atoms with Crippen LogP contribution >= 0.6 is 0 Å². The minimum atomic E-state index is -0.921. The van der Waals surface area contributed by atoms with Gasteiger partial charge in [0.25, 0.3) is 0 Å². The maximum atomic E-state index is 13.7. The van der Waals surface area contributed by atoms with E-state index in [-0.39, 0.29) is 18.2 Å². The molecule has 2 rings (SSSR count). The lowest BCUT2D eigenvalue weighted by Gasteiger charge is -2.41. The number of carbonyl (C=O) groups is 1. The van der Waals surface area contributed by atoms with E-state index in [1.807, 2.05) is 20.8 Å². The molecular weight excluding hydrogens is 235 g/mol. The van der Waals surface area contributed by atoms with Gasteiger partial charge in [-0.25, -0.2) is 9.18 Å². The smallest absolute Gasteiger partial charge is 0.410 e. The number of nitrogens with zero attached hydrogens (tertiary/aromatic N) is 1. The first-order valence-corrected chi connectivity index (χ1v) is 6.68. The minimum absolute atomic E-state index is 0.176. The molecule has 0 bridgehead atoms. The van der Waals surface area contributed by atoms with E-state index >= 15 is 0 Å². The van der Waals surface area contributed by atoms with Crippen molar-refractivity contribution in [2.45, 2.75) is 57.3 Å². The van der Waals surface area contributed by atoms with E-state index < -0.39 is 11.8 Å².